The average Bonchev–Trinajstić information content (AvgIpc) is 2.12. The van der Waals surface area contributed by atoms with Gasteiger partial charge in [0.25, 0.3) is 0 Å². The van der Waals surface area contributed by atoms with Crippen LogP contribution in [0.1, 0.15) is 10.4 Å². The zero-order valence-corrected chi connectivity index (χ0v) is 7.69. The predicted octanol–water partition coefficient (Wildman–Crippen LogP) is 1.19. The maximum Gasteiger partial charge on any atom is 0.338 e. The molecule has 0 saturated carbocycles. The third kappa shape index (κ3) is 2.52. The first-order chi connectivity index (χ1) is 6.63. The summed E-state index contributed by atoms with van der Waals surface area (Å²) in [4.78, 5) is 11.3. The molecule has 1 aromatic rings. The van der Waals surface area contributed by atoms with Crippen molar-refractivity contribution in [3.05, 3.63) is 36.4 Å². The highest BCUT2D eigenvalue weighted by Crippen LogP contribution is 2.14. The van der Waals surface area contributed by atoms with Crippen LogP contribution in [0.25, 0.3) is 0 Å². The number of nitrogen functional groups attached to an aromatic ring is 2. The Kier molecular flexibility index (Phi) is 3.12. The van der Waals surface area contributed by atoms with Crippen LogP contribution in [-0.4, -0.2) is 12.6 Å². The third-order valence-electron chi connectivity index (χ3n) is 1.55. The van der Waals surface area contributed by atoms with Crippen LogP contribution in [0, 0.1) is 0 Å². The van der Waals surface area contributed by atoms with Crippen LogP contribution in [-0.2, 0) is 4.74 Å². The maximum atomic E-state index is 11.3. The fraction of sp³-hybridized carbons (Fsp3) is 0.100. The first kappa shape index (κ1) is 10.1. The minimum atomic E-state index is -0.455. The molecule has 0 aliphatic heterocycles. The van der Waals surface area contributed by atoms with Crippen molar-refractivity contribution in [3.8, 4) is 0 Å². The van der Waals surface area contributed by atoms with Crippen molar-refractivity contribution in [3.63, 3.8) is 0 Å². The smallest absolute Gasteiger partial charge is 0.338 e. The van der Waals surface area contributed by atoms with E-state index in [1.165, 1.54) is 18.2 Å². The number of nitrogens with two attached hydrogens (primary N) is 2. The Balaban J connectivity index is 2.84. The molecule has 0 spiro atoms. The van der Waals surface area contributed by atoms with Crippen LogP contribution in [0.3, 0.4) is 0 Å². The molecule has 0 bridgehead atoms. The first-order valence-corrected chi connectivity index (χ1v) is 4.07. The van der Waals surface area contributed by atoms with Crippen molar-refractivity contribution in [1.82, 2.24) is 0 Å². The number of carbonyl (C=O) groups is 1. The lowest BCUT2D eigenvalue weighted by atomic mass is 10.2. The molecule has 0 amide bonds. The Morgan fingerprint density at radius 3 is 2.43 bits per heavy atom. The summed E-state index contributed by atoms with van der Waals surface area (Å²) in [7, 11) is 0. The molecule has 1 aromatic carbocycles. The molecule has 0 radical (unpaired) electrons. The summed E-state index contributed by atoms with van der Waals surface area (Å²) in [5.74, 6) is -0.455. The Labute approximate surface area is 82.2 Å². The highest BCUT2D eigenvalue weighted by atomic mass is 16.5. The van der Waals surface area contributed by atoms with Crippen molar-refractivity contribution in [1.29, 1.82) is 0 Å². The van der Waals surface area contributed by atoms with Gasteiger partial charge in [-0.25, -0.2) is 4.79 Å². The van der Waals surface area contributed by atoms with E-state index in [0.717, 1.165) is 0 Å². The largest absolute Gasteiger partial charge is 0.458 e. The van der Waals surface area contributed by atoms with Gasteiger partial charge in [-0.15, -0.1) is 0 Å². The summed E-state index contributed by atoms with van der Waals surface area (Å²) in [5, 5.41) is 0. The van der Waals surface area contributed by atoms with Crippen molar-refractivity contribution >= 4 is 17.3 Å². The van der Waals surface area contributed by atoms with Gasteiger partial charge in [-0.2, -0.15) is 0 Å². The quantitative estimate of drug-likeness (QED) is 0.428. The summed E-state index contributed by atoms with van der Waals surface area (Å²) in [6, 6.07) is 4.61. The highest BCUT2D eigenvalue weighted by Gasteiger charge is 2.07. The summed E-state index contributed by atoms with van der Waals surface area (Å²) >= 11 is 0. The van der Waals surface area contributed by atoms with E-state index >= 15 is 0 Å². The minimum absolute atomic E-state index is 0.174. The molecule has 0 unspecified atom stereocenters. The average molecular weight is 192 g/mol. The summed E-state index contributed by atoms with van der Waals surface area (Å²) in [5.41, 5.74) is 12.3. The fourth-order valence-corrected chi connectivity index (χ4v) is 1.01. The predicted molar refractivity (Wildman–Crippen MR) is 55.7 cm³/mol. The molecule has 0 fully saturated rings. The van der Waals surface area contributed by atoms with Gasteiger partial charge >= 0.3 is 5.97 Å². The van der Waals surface area contributed by atoms with E-state index in [9.17, 15) is 4.79 Å². The molecule has 0 aliphatic carbocycles. The second-order valence-corrected chi connectivity index (χ2v) is 2.78. The SMILES string of the molecule is C=CCOC(=O)c1cc(N)cc(N)c1. The minimum Gasteiger partial charge on any atom is -0.458 e. The van der Waals surface area contributed by atoms with E-state index < -0.39 is 5.97 Å². The van der Waals surface area contributed by atoms with Crippen molar-refractivity contribution in [2.45, 2.75) is 0 Å². The number of rotatable bonds is 3. The molecule has 0 aliphatic rings. The Morgan fingerprint density at radius 2 is 1.93 bits per heavy atom. The number of carbonyl (C=O) groups excluding carboxylic acids is 1. The van der Waals surface area contributed by atoms with Gasteiger partial charge in [-0.05, 0) is 18.2 Å². The standard InChI is InChI=1S/C10H12N2O2/c1-2-3-14-10(13)7-4-8(11)6-9(12)5-7/h2,4-6H,1,3,11-12H2. The van der Waals surface area contributed by atoms with E-state index in [1.807, 2.05) is 0 Å². The Hall–Kier alpha value is -1.97. The normalized spacial score (nSPS) is 9.43. The number of esters is 1. The van der Waals surface area contributed by atoms with Crippen molar-refractivity contribution in [2.75, 3.05) is 18.1 Å². The van der Waals surface area contributed by atoms with Gasteiger partial charge in [-0.1, -0.05) is 12.7 Å². The van der Waals surface area contributed by atoms with Gasteiger partial charge in [0.1, 0.15) is 6.61 Å². The van der Waals surface area contributed by atoms with Gasteiger partial charge < -0.3 is 16.2 Å². The van der Waals surface area contributed by atoms with Crippen LogP contribution in [0.4, 0.5) is 11.4 Å². The lowest BCUT2D eigenvalue weighted by Gasteiger charge is -2.04. The molecule has 0 heterocycles. The Morgan fingerprint density at radius 1 is 1.36 bits per heavy atom. The van der Waals surface area contributed by atoms with Gasteiger partial charge in [0.05, 0.1) is 5.56 Å². The molecule has 0 saturated heterocycles. The second-order valence-electron chi connectivity index (χ2n) is 2.78. The van der Waals surface area contributed by atoms with E-state index in [1.54, 1.807) is 6.07 Å². The summed E-state index contributed by atoms with van der Waals surface area (Å²) in [6.45, 7) is 3.61. The number of ether oxygens (including phenoxy) is 1. The van der Waals surface area contributed by atoms with Crippen LogP contribution in [0.15, 0.2) is 30.9 Å². The lowest BCUT2D eigenvalue weighted by molar-refractivity contribution is 0.0550. The molecular formula is C10H12N2O2. The van der Waals surface area contributed by atoms with Crippen LogP contribution < -0.4 is 11.5 Å². The topological polar surface area (TPSA) is 78.3 Å². The summed E-state index contributed by atoms with van der Waals surface area (Å²) in [6.07, 6.45) is 1.49. The van der Waals surface area contributed by atoms with Crippen LogP contribution >= 0.6 is 0 Å². The fourth-order valence-electron chi connectivity index (χ4n) is 1.01. The third-order valence-corrected chi connectivity index (χ3v) is 1.55. The molecule has 4 heteroatoms. The van der Waals surface area contributed by atoms with Gasteiger partial charge in [0.15, 0.2) is 0 Å². The van der Waals surface area contributed by atoms with Crippen molar-refractivity contribution < 1.29 is 9.53 Å². The Bertz CT molecular complexity index is 341. The maximum absolute atomic E-state index is 11.3. The zero-order valence-electron chi connectivity index (χ0n) is 7.69. The molecule has 14 heavy (non-hydrogen) atoms. The van der Waals surface area contributed by atoms with E-state index in [-0.39, 0.29) is 6.61 Å². The molecule has 74 valence electrons. The van der Waals surface area contributed by atoms with Crippen LogP contribution in [0.2, 0.25) is 0 Å². The molecule has 0 atom stereocenters. The zero-order chi connectivity index (χ0) is 10.6. The number of hydrogen-bond donors (Lipinski definition) is 2. The summed E-state index contributed by atoms with van der Waals surface area (Å²) < 4.78 is 4.82. The van der Waals surface area contributed by atoms with Crippen LogP contribution in [0.5, 0.6) is 0 Å². The monoisotopic (exact) mass is 192 g/mol. The molecule has 1 rings (SSSR count). The lowest BCUT2D eigenvalue weighted by Crippen LogP contribution is -2.06. The second kappa shape index (κ2) is 4.32. The van der Waals surface area contributed by atoms with Gasteiger partial charge in [-0.3, -0.25) is 0 Å². The number of anilines is 2. The number of benzene rings is 1. The van der Waals surface area contributed by atoms with E-state index in [2.05, 4.69) is 6.58 Å². The van der Waals surface area contributed by atoms with E-state index in [4.69, 9.17) is 16.2 Å². The highest BCUT2D eigenvalue weighted by molar-refractivity contribution is 5.91. The van der Waals surface area contributed by atoms with Crippen molar-refractivity contribution in [2.24, 2.45) is 0 Å². The van der Waals surface area contributed by atoms with Gasteiger partial charge in [0.2, 0.25) is 0 Å². The van der Waals surface area contributed by atoms with E-state index in [0.29, 0.717) is 16.9 Å². The molecule has 4 nitrogen and oxygen atoms in total. The first-order valence-electron chi connectivity index (χ1n) is 4.07. The molecule has 4 N–H and O–H groups in total. The molecular weight excluding hydrogens is 180 g/mol. The molecule has 0 aromatic heterocycles. The van der Waals surface area contributed by atoms with Gasteiger partial charge in [0, 0.05) is 11.4 Å². The number of hydrogen-bond acceptors (Lipinski definition) is 4.